The van der Waals surface area contributed by atoms with Gasteiger partial charge in [0.05, 0.1) is 27.8 Å². The third-order valence-corrected chi connectivity index (χ3v) is 4.73. The standard InChI is InChI=1S/C17H16Cl3N5O/c1-2-15(25-10-12(18)8-21-25)17(26)22-16-5-6-24(23-16)9-11-3-4-13(19)14(20)7-11/h3-8,10,15H,2,9H2,1H3,(H,22,23,26). The smallest absolute Gasteiger partial charge is 0.250 e. The Balaban J connectivity index is 1.67. The number of rotatable bonds is 6. The van der Waals surface area contributed by atoms with E-state index in [1.54, 1.807) is 40.0 Å². The van der Waals surface area contributed by atoms with Crippen LogP contribution in [0.4, 0.5) is 5.82 Å². The van der Waals surface area contributed by atoms with Crippen LogP contribution in [0.15, 0.2) is 42.9 Å². The van der Waals surface area contributed by atoms with Crippen molar-refractivity contribution in [3.8, 4) is 0 Å². The zero-order valence-electron chi connectivity index (χ0n) is 13.9. The van der Waals surface area contributed by atoms with Gasteiger partial charge in [0, 0.05) is 18.5 Å². The molecule has 3 rings (SSSR count). The quantitative estimate of drug-likeness (QED) is 0.639. The van der Waals surface area contributed by atoms with E-state index in [-0.39, 0.29) is 5.91 Å². The van der Waals surface area contributed by atoms with Gasteiger partial charge in [-0.2, -0.15) is 10.2 Å². The molecule has 0 bridgehead atoms. The zero-order valence-corrected chi connectivity index (χ0v) is 16.1. The monoisotopic (exact) mass is 411 g/mol. The summed E-state index contributed by atoms with van der Waals surface area (Å²) in [6.45, 7) is 2.42. The van der Waals surface area contributed by atoms with E-state index in [1.807, 2.05) is 13.0 Å². The summed E-state index contributed by atoms with van der Waals surface area (Å²) in [4.78, 5) is 12.5. The van der Waals surface area contributed by atoms with Crippen LogP contribution in [0.3, 0.4) is 0 Å². The Hall–Kier alpha value is -2.02. The van der Waals surface area contributed by atoms with Gasteiger partial charge in [-0.25, -0.2) is 0 Å². The van der Waals surface area contributed by atoms with Crippen molar-refractivity contribution in [2.45, 2.75) is 25.9 Å². The third-order valence-electron chi connectivity index (χ3n) is 3.80. The average molecular weight is 413 g/mol. The molecule has 0 aliphatic heterocycles. The molecule has 0 radical (unpaired) electrons. The molecule has 1 unspecified atom stereocenters. The maximum absolute atomic E-state index is 12.5. The highest BCUT2D eigenvalue weighted by Gasteiger charge is 2.20. The lowest BCUT2D eigenvalue weighted by Crippen LogP contribution is -2.26. The van der Waals surface area contributed by atoms with Gasteiger partial charge in [-0.15, -0.1) is 0 Å². The van der Waals surface area contributed by atoms with Crippen LogP contribution < -0.4 is 5.32 Å². The lowest BCUT2D eigenvalue weighted by molar-refractivity contribution is -0.119. The Labute approximate surface area is 165 Å². The third kappa shape index (κ3) is 4.38. The van der Waals surface area contributed by atoms with Crippen molar-refractivity contribution in [3.05, 3.63) is 63.5 Å². The van der Waals surface area contributed by atoms with Gasteiger partial charge >= 0.3 is 0 Å². The molecule has 1 aromatic carbocycles. The van der Waals surface area contributed by atoms with E-state index in [4.69, 9.17) is 34.8 Å². The summed E-state index contributed by atoms with van der Waals surface area (Å²) < 4.78 is 3.26. The first-order chi connectivity index (χ1) is 12.5. The van der Waals surface area contributed by atoms with Crippen molar-refractivity contribution in [1.82, 2.24) is 19.6 Å². The number of benzene rings is 1. The molecule has 26 heavy (non-hydrogen) atoms. The second kappa shape index (κ2) is 8.12. The molecular weight excluding hydrogens is 397 g/mol. The Morgan fingerprint density at radius 1 is 1.23 bits per heavy atom. The number of carbonyl (C=O) groups excluding carboxylic acids is 1. The van der Waals surface area contributed by atoms with E-state index in [9.17, 15) is 4.79 Å². The minimum Gasteiger partial charge on any atom is -0.307 e. The van der Waals surface area contributed by atoms with Gasteiger partial charge in [0.1, 0.15) is 6.04 Å². The predicted octanol–water partition coefficient (Wildman–Crippen LogP) is 4.68. The Kier molecular flexibility index (Phi) is 5.86. The average Bonchev–Trinajstić information content (AvgIpc) is 3.21. The van der Waals surface area contributed by atoms with Gasteiger partial charge in [0.2, 0.25) is 5.91 Å². The predicted molar refractivity (Wildman–Crippen MR) is 103 cm³/mol. The van der Waals surface area contributed by atoms with Crippen molar-refractivity contribution >= 4 is 46.5 Å². The molecule has 2 heterocycles. The molecule has 2 aromatic heterocycles. The van der Waals surface area contributed by atoms with Crippen LogP contribution >= 0.6 is 34.8 Å². The molecule has 6 nitrogen and oxygen atoms in total. The largest absolute Gasteiger partial charge is 0.307 e. The molecule has 3 aromatic rings. The fraction of sp³-hybridized carbons (Fsp3) is 0.235. The van der Waals surface area contributed by atoms with Crippen molar-refractivity contribution < 1.29 is 4.79 Å². The topological polar surface area (TPSA) is 64.7 Å². The van der Waals surface area contributed by atoms with E-state index in [2.05, 4.69) is 15.5 Å². The Bertz CT molecular complexity index is 921. The highest BCUT2D eigenvalue weighted by molar-refractivity contribution is 6.42. The highest BCUT2D eigenvalue weighted by atomic mass is 35.5. The summed E-state index contributed by atoms with van der Waals surface area (Å²) in [5.74, 6) is 0.263. The van der Waals surface area contributed by atoms with Gasteiger partial charge < -0.3 is 5.32 Å². The molecular formula is C17H16Cl3N5O. The van der Waals surface area contributed by atoms with Crippen LogP contribution in [-0.4, -0.2) is 25.5 Å². The van der Waals surface area contributed by atoms with E-state index in [0.29, 0.717) is 33.9 Å². The summed E-state index contributed by atoms with van der Waals surface area (Å²) in [5.41, 5.74) is 0.956. The fourth-order valence-electron chi connectivity index (χ4n) is 2.53. The van der Waals surface area contributed by atoms with Gasteiger partial charge in [-0.1, -0.05) is 47.8 Å². The summed E-state index contributed by atoms with van der Waals surface area (Å²) in [6.07, 6.45) is 5.49. The van der Waals surface area contributed by atoms with Gasteiger partial charge in [0.25, 0.3) is 0 Å². The number of halogens is 3. The number of aromatic nitrogens is 4. The number of nitrogens with one attached hydrogen (secondary N) is 1. The molecule has 1 amide bonds. The molecule has 0 aliphatic carbocycles. The second-order valence-corrected chi connectivity index (χ2v) is 6.95. The lowest BCUT2D eigenvalue weighted by Gasteiger charge is -2.14. The summed E-state index contributed by atoms with van der Waals surface area (Å²) >= 11 is 17.8. The van der Waals surface area contributed by atoms with E-state index in [0.717, 1.165) is 5.56 Å². The second-order valence-electron chi connectivity index (χ2n) is 5.70. The Morgan fingerprint density at radius 2 is 2.04 bits per heavy atom. The summed E-state index contributed by atoms with van der Waals surface area (Å²) in [7, 11) is 0. The van der Waals surface area contributed by atoms with Crippen molar-refractivity contribution in [3.63, 3.8) is 0 Å². The molecule has 0 fully saturated rings. The number of anilines is 1. The first-order valence-electron chi connectivity index (χ1n) is 7.94. The molecule has 0 saturated carbocycles. The van der Waals surface area contributed by atoms with Crippen LogP contribution in [0.2, 0.25) is 15.1 Å². The first-order valence-corrected chi connectivity index (χ1v) is 9.07. The Morgan fingerprint density at radius 3 is 2.69 bits per heavy atom. The summed E-state index contributed by atoms with van der Waals surface area (Å²) in [5, 5.41) is 12.8. The van der Waals surface area contributed by atoms with Crippen LogP contribution in [0, 0.1) is 0 Å². The normalized spacial score (nSPS) is 12.2. The maximum Gasteiger partial charge on any atom is 0.250 e. The fourth-order valence-corrected chi connectivity index (χ4v) is 2.99. The van der Waals surface area contributed by atoms with E-state index < -0.39 is 6.04 Å². The van der Waals surface area contributed by atoms with Gasteiger partial charge in [-0.3, -0.25) is 14.2 Å². The lowest BCUT2D eigenvalue weighted by atomic mass is 10.2. The molecule has 9 heteroatoms. The molecule has 1 atom stereocenters. The van der Waals surface area contributed by atoms with Crippen molar-refractivity contribution in [1.29, 1.82) is 0 Å². The van der Waals surface area contributed by atoms with Crippen molar-refractivity contribution in [2.75, 3.05) is 5.32 Å². The van der Waals surface area contributed by atoms with E-state index >= 15 is 0 Å². The van der Waals surface area contributed by atoms with Crippen LogP contribution in [0.5, 0.6) is 0 Å². The number of nitrogens with zero attached hydrogens (tertiary/aromatic N) is 4. The van der Waals surface area contributed by atoms with Crippen LogP contribution in [0.1, 0.15) is 24.9 Å². The number of hydrogen-bond acceptors (Lipinski definition) is 3. The van der Waals surface area contributed by atoms with Gasteiger partial charge in [0.15, 0.2) is 5.82 Å². The van der Waals surface area contributed by atoms with Crippen LogP contribution in [-0.2, 0) is 11.3 Å². The molecule has 0 saturated heterocycles. The SMILES string of the molecule is CCC(C(=O)Nc1ccn(Cc2ccc(Cl)c(Cl)c2)n1)n1cc(Cl)cn1. The van der Waals surface area contributed by atoms with Gasteiger partial charge in [-0.05, 0) is 24.1 Å². The molecule has 0 spiro atoms. The van der Waals surface area contributed by atoms with Crippen molar-refractivity contribution in [2.24, 2.45) is 0 Å². The molecule has 136 valence electrons. The number of hydrogen-bond donors (Lipinski definition) is 1. The number of carbonyl (C=O) groups is 1. The first kappa shape index (κ1) is 18.8. The summed E-state index contributed by atoms with van der Waals surface area (Å²) in [6, 6.07) is 6.69. The minimum atomic E-state index is -0.456. The highest BCUT2D eigenvalue weighted by Crippen LogP contribution is 2.23. The molecule has 1 N–H and O–H groups in total. The van der Waals surface area contributed by atoms with E-state index in [1.165, 1.54) is 6.20 Å². The van der Waals surface area contributed by atoms with Crippen LogP contribution in [0.25, 0.3) is 0 Å². The minimum absolute atomic E-state index is 0.202. The number of amides is 1. The zero-order chi connectivity index (χ0) is 18.7. The molecule has 0 aliphatic rings. The maximum atomic E-state index is 12.5.